The normalized spacial score (nSPS) is 22.5. The predicted octanol–water partition coefficient (Wildman–Crippen LogP) is 4.22. The average molecular weight is 394 g/mol. The van der Waals surface area contributed by atoms with Crippen LogP contribution in [0.25, 0.3) is 0 Å². The minimum atomic E-state index is -2.78. The number of likely N-dealkylation sites (tertiary alicyclic amines) is 1. The lowest BCUT2D eigenvalue weighted by atomic mass is 10.00. The highest BCUT2D eigenvalue weighted by atomic mass is 19.3. The number of rotatable bonds is 7. The molecule has 1 aromatic carbocycles. The van der Waals surface area contributed by atoms with Crippen molar-refractivity contribution in [2.24, 2.45) is 0 Å². The fraction of sp³-hybridized carbons (Fsp3) is 0.739. The first-order valence-corrected chi connectivity index (χ1v) is 11.1. The summed E-state index contributed by atoms with van der Waals surface area (Å²) in [4.78, 5) is 7.13. The SMILES string of the molecule is CCc1ccc(C(F)(F)CN2CCC(N3CCN(C(C)CC)CC3)CC2)cc1. The third-order valence-corrected chi connectivity index (χ3v) is 6.84. The number of benzene rings is 1. The Morgan fingerprint density at radius 1 is 0.964 bits per heavy atom. The zero-order valence-corrected chi connectivity index (χ0v) is 17.8. The van der Waals surface area contributed by atoms with Crippen LogP contribution in [0.3, 0.4) is 0 Å². The van der Waals surface area contributed by atoms with Gasteiger partial charge in [0.1, 0.15) is 0 Å². The minimum absolute atomic E-state index is 0.146. The Labute approximate surface area is 169 Å². The van der Waals surface area contributed by atoms with Crippen molar-refractivity contribution >= 4 is 0 Å². The van der Waals surface area contributed by atoms with E-state index in [1.165, 1.54) is 6.42 Å². The highest BCUT2D eigenvalue weighted by Crippen LogP contribution is 2.31. The van der Waals surface area contributed by atoms with Gasteiger partial charge in [0.05, 0.1) is 6.54 Å². The van der Waals surface area contributed by atoms with Gasteiger partial charge in [-0.25, -0.2) is 0 Å². The van der Waals surface area contributed by atoms with Gasteiger partial charge in [-0.3, -0.25) is 14.7 Å². The van der Waals surface area contributed by atoms with Crippen molar-refractivity contribution in [1.82, 2.24) is 14.7 Å². The summed E-state index contributed by atoms with van der Waals surface area (Å²) >= 11 is 0. The van der Waals surface area contributed by atoms with E-state index >= 15 is 0 Å². The molecule has 0 amide bonds. The molecule has 0 saturated carbocycles. The van der Waals surface area contributed by atoms with Crippen LogP contribution in [0.1, 0.15) is 51.2 Å². The molecule has 158 valence electrons. The van der Waals surface area contributed by atoms with Gasteiger partial charge in [0.25, 0.3) is 5.92 Å². The highest BCUT2D eigenvalue weighted by Gasteiger charge is 2.36. The molecule has 3 rings (SSSR count). The lowest BCUT2D eigenvalue weighted by Gasteiger charge is -2.44. The third kappa shape index (κ3) is 5.31. The van der Waals surface area contributed by atoms with E-state index in [2.05, 4.69) is 23.6 Å². The van der Waals surface area contributed by atoms with Crippen molar-refractivity contribution < 1.29 is 8.78 Å². The molecular formula is C23H37F2N3. The maximum Gasteiger partial charge on any atom is 0.285 e. The Balaban J connectivity index is 1.46. The van der Waals surface area contributed by atoms with Crippen molar-refractivity contribution in [2.75, 3.05) is 45.8 Å². The maximum absolute atomic E-state index is 14.7. The minimum Gasteiger partial charge on any atom is -0.298 e. The second-order valence-corrected chi connectivity index (χ2v) is 8.59. The molecule has 3 nitrogen and oxygen atoms in total. The van der Waals surface area contributed by atoms with E-state index in [4.69, 9.17) is 0 Å². The van der Waals surface area contributed by atoms with Crippen molar-refractivity contribution in [1.29, 1.82) is 0 Å². The largest absolute Gasteiger partial charge is 0.298 e. The average Bonchev–Trinajstić information content (AvgIpc) is 2.73. The molecule has 0 N–H and O–H groups in total. The second kappa shape index (κ2) is 9.64. The van der Waals surface area contributed by atoms with Crippen molar-refractivity contribution in [3.05, 3.63) is 35.4 Å². The Hall–Kier alpha value is -1.04. The molecule has 1 aromatic rings. The van der Waals surface area contributed by atoms with Crippen LogP contribution < -0.4 is 0 Å². The molecule has 1 atom stereocenters. The molecule has 0 radical (unpaired) electrons. The lowest BCUT2D eigenvalue weighted by molar-refractivity contribution is -0.0488. The van der Waals surface area contributed by atoms with Gasteiger partial charge in [-0.1, -0.05) is 38.1 Å². The molecule has 2 saturated heterocycles. The van der Waals surface area contributed by atoms with E-state index in [0.717, 1.165) is 64.1 Å². The molecule has 0 bridgehead atoms. The number of halogens is 2. The first-order valence-electron chi connectivity index (χ1n) is 11.1. The summed E-state index contributed by atoms with van der Waals surface area (Å²) in [5.41, 5.74) is 1.25. The number of nitrogens with zero attached hydrogens (tertiary/aromatic N) is 3. The van der Waals surface area contributed by atoms with Crippen LogP contribution in [0.2, 0.25) is 0 Å². The number of hydrogen-bond donors (Lipinski definition) is 0. The van der Waals surface area contributed by atoms with Crippen LogP contribution in [-0.4, -0.2) is 72.6 Å². The van der Waals surface area contributed by atoms with Gasteiger partial charge in [-0.05, 0) is 51.3 Å². The third-order valence-electron chi connectivity index (χ3n) is 6.84. The Bertz CT molecular complexity index is 588. The van der Waals surface area contributed by atoms with Gasteiger partial charge in [-0.2, -0.15) is 8.78 Å². The van der Waals surface area contributed by atoms with E-state index in [9.17, 15) is 8.78 Å². The van der Waals surface area contributed by atoms with Crippen molar-refractivity contribution in [3.63, 3.8) is 0 Å². The molecule has 0 aliphatic carbocycles. The molecule has 28 heavy (non-hydrogen) atoms. The number of aryl methyl sites for hydroxylation is 1. The van der Waals surface area contributed by atoms with Gasteiger partial charge >= 0.3 is 0 Å². The summed E-state index contributed by atoms with van der Waals surface area (Å²) < 4.78 is 29.4. The molecule has 0 spiro atoms. The quantitative estimate of drug-likeness (QED) is 0.687. The van der Waals surface area contributed by atoms with Crippen LogP contribution in [0.15, 0.2) is 24.3 Å². The number of piperidine rings is 1. The topological polar surface area (TPSA) is 9.72 Å². The molecule has 2 fully saturated rings. The first kappa shape index (κ1) is 21.7. The van der Waals surface area contributed by atoms with Crippen molar-refractivity contribution in [3.8, 4) is 0 Å². The molecule has 2 aliphatic heterocycles. The van der Waals surface area contributed by atoms with E-state index < -0.39 is 5.92 Å². The maximum atomic E-state index is 14.7. The monoisotopic (exact) mass is 393 g/mol. The fourth-order valence-corrected chi connectivity index (χ4v) is 4.60. The first-order chi connectivity index (χ1) is 13.4. The number of hydrogen-bond acceptors (Lipinski definition) is 3. The van der Waals surface area contributed by atoms with Crippen LogP contribution in [0.4, 0.5) is 8.78 Å². The van der Waals surface area contributed by atoms with E-state index in [-0.39, 0.29) is 12.1 Å². The van der Waals surface area contributed by atoms with Gasteiger partial charge in [-0.15, -0.1) is 0 Å². The smallest absolute Gasteiger partial charge is 0.285 e. The number of alkyl halides is 2. The molecule has 5 heteroatoms. The number of piperazine rings is 1. The molecular weight excluding hydrogens is 356 g/mol. The molecule has 1 unspecified atom stereocenters. The van der Waals surface area contributed by atoms with E-state index in [1.54, 1.807) is 12.1 Å². The van der Waals surface area contributed by atoms with E-state index in [1.807, 2.05) is 24.0 Å². The summed E-state index contributed by atoms with van der Waals surface area (Å²) in [5.74, 6) is -2.78. The zero-order chi connectivity index (χ0) is 20.1. The van der Waals surface area contributed by atoms with Crippen LogP contribution in [0.5, 0.6) is 0 Å². The van der Waals surface area contributed by atoms with E-state index in [0.29, 0.717) is 12.1 Å². The summed E-state index contributed by atoms with van der Waals surface area (Å²) in [5, 5.41) is 0. The Morgan fingerprint density at radius 3 is 2.11 bits per heavy atom. The lowest BCUT2D eigenvalue weighted by Crippen LogP contribution is -2.55. The van der Waals surface area contributed by atoms with Gasteiger partial charge in [0.2, 0.25) is 0 Å². The summed E-state index contributed by atoms with van der Waals surface area (Å²) in [6, 6.07) is 8.08. The summed E-state index contributed by atoms with van der Waals surface area (Å²) in [6.07, 6.45) is 4.10. The van der Waals surface area contributed by atoms with Gasteiger partial charge < -0.3 is 0 Å². The highest BCUT2D eigenvalue weighted by molar-refractivity contribution is 5.26. The fourth-order valence-electron chi connectivity index (χ4n) is 4.60. The second-order valence-electron chi connectivity index (χ2n) is 8.59. The molecule has 2 aliphatic rings. The Kier molecular flexibility index (Phi) is 7.46. The van der Waals surface area contributed by atoms with Crippen LogP contribution in [0, 0.1) is 0 Å². The summed E-state index contributed by atoms with van der Waals surface area (Å²) in [7, 11) is 0. The van der Waals surface area contributed by atoms with Crippen LogP contribution in [-0.2, 0) is 12.3 Å². The standard InChI is InChI=1S/C23H37F2N3/c1-4-19(3)27-14-16-28(17-15-27)22-10-12-26(13-11-22)18-23(24,25)21-8-6-20(5-2)7-9-21/h6-9,19,22H,4-5,10-18H2,1-3H3. The predicted molar refractivity (Wildman–Crippen MR) is 112 cm³/mol. The zero-order valence-electron chi connectivity index (χ0n) is 17.8. The molecule has 2 heterocycles. The van der Waals surface area contributed by atoms with Gasteiger partial charge in [0.15, 0.2) is 0 Å². The van der Waals surface area contributed by atoms with Crippen molar-refractivity contribution in [2.45, 2.75) is 64.5 Å². The Morgan fingerprint density at radius 2 is 1.57 bits per heavy atom. The van der Waals surface area contributed by atoms with Gasteiger partial charge in [0, 0.05) is 43.8 Å². The summed E-state index contributed by atoms with van der Waals surface area (Å²) in [6.45, 7) is 12.5. The van der Waals surface area contributed by atoms with Crippen LogP contribution >= 0.6 is 0 Å². The molecule has 0 aromatic heterocycles.